The molecule has 0 fully saturated rings. The third-order valence-electron chi connectivity index (χ3n) is 4.14. The molecule has 0 bridgehead atoms. The van der Waals surface area contributed by atoms with Gasteiger partial charge in [0.25, 0.3) is 15.9 Å². The monoisotopic (exact) mass is 424 g/mol. The lowest BCUT2D eigenvalue weighted by atomic mass is 10.2. The van der Waals surface area contributed by atoms with Crippen LogP contribution in [0.3, 0.4) is 0 Å². The summed E-state index contributed by atoms with van der Waals surface area (Å²) in [7, 11) is -2.93. The Labute approximate surface area is 167 Å². The number of ether oxygens (including phenoxy) is 2. The van der Waals surface area contributed by atoms with Gasteiger partial charge in [0.1, 0.15) is 15.5 Å². The van der Waals surface area contributed by atoms with Gasteiger partial charge in [-0.25, -0.2) is 13.2 Å². The van der Waals surface area contributed by atoms with E-state index < -0.39 is 28.0 Å². The minimum atomic E-state index is -4.12. The van der Waals surface area contributed by atoms with Crippen LogP contribution in [0.4, 0.5) is 5.69 Å². The van der Waals surface area contributed by atoms with Gasteiger partial charge in [-0.3, -0.25) is 9.10 Å². The number of hydrogen-bond donors (Lipinski definition) is 1. The number of carbonyl (C=O) groups excluding carboxylic acids is 2. The normalized spacial score (nSPS) is 16.1. The highest BCUT2D eigenvalue weighted by Crippen LogP contribution is 2.38. The summed E-state index contributed by atoms with van der Waals surface area (Å²) in [6.45, 7) is 2.18. The van der Waals surface area contributed by atoms with E-state index in [4.69, 9.17) is 9.47 Å². The molecule has 1 N–H and O–H groups in total. The predicted octanol–water partition coefficient (Wildman–Crippen LogP) is 2.02. The maximum Gasteiger partial charge on any atom is 0.349 e. The molecule has 1 aliphatic heterocycles. The van der Waals surface area contributed by atoms with Crippen molar-refractivity contribution in [1.82, 2.24) is 5.32 Å². The first kappa shape index (κ1) is 20.2. The van der Waals surface area contributed by atoms with Crippen LogP contribution in [0.2, 0.25) is 0 Å². The highest BCUT2D eigenvalue weighted by molar-refractivity contribution is 7.93. The molecule has 0 radical (unpaired) electrons. The fraction of sp³-hybridized carbons (Fsp3) is 0.333. The van der Waals surface area contributed by atoms with Gasteiger partial charge in [0.2, 0.25) is 0 Å². The van der Waals surface area contributed by atoms with Gasteiger partial charge >= 0.3 is 5.97 Å². The van der Waals surface area contributed by atoms with Crippen LogP contribution in [0.15, 0.2) is 40.6 Å². The van der Waals surface area contributed by atoms with Gasteiger partial charge in [0.15, 0.2) is 6.10 Å². The van der Waals surface area contributed by atoms with Crippen molar-refractivity contribution in [1.29, 1.82) is 0 Å². The Morgan fingerprint density at radius 3 is 2.79 bits per heavy atom. The summed E-state index contributed by atoms with van der Waals surface area (Å²) < 4.78 is 38.3. The number of amides is 1. The number of nitrogens with zero attached hydrogens (tertiary/aromatic N) is 1. The van der Waals surface area contributed by atoms with Crippen LogP contribution >= 0.6 is 11.3 Å². The van der Waals surface area contributed by atoms with Crippen molar-refractivity contribution >= 4 is 38.9 Å². The van der Waals surface area contributed by atoms with Crippen LogP contribution < -0.4 is 14.4 Å². The quantitative estimate of drug-likeness (QED) is 0.712. The van der Waals surface area contributed by atoms with E-state index in [1.807, 2.05) is 6.92 Å². The first-order valence-corrected chi connectivity index (χ1v) is 10.9. The molecule has 10 heteroatoms. The SMILES string of the molecule is CCCNC(=O)[C@H]1CN(S(=O)(=O)c2ccsc2C(=O)OC)c2ccccc2O1. The van der Waals surface area contributed by atoms with Gasteiger partial charge in [0, 0.05) is 6.54 Å². The molecule has 0 saturated carbocycles. The lowest BCUT2D eigenvalue weighted by Gasteiger charge is -2.34. The second-order valence-corrected chi connectivity index (χ2v) is 8.75. The van der Waals surface area contributed by atoms with Gasteiger partial charge in [-0.05, 0) is 30.0 Å². The lowest BCUT2D eigenvalue weighted by Crippen LogP contribution is -2.50. The molecular formula is C18H20N2O6S2. The smallest absolute Gasteiger partial charge is 0.349 e. The Hall–Kier alpha value is -2.59. The van der Waals surface area contributed by atoms with Crippen LogP contribution in [-0.2, 0) is 19.6 Å². The van der Waals surface area contributed by atoms with Crippen molar-refractivity contribution in [3.05, 3.63) is 40.6 Å². The number of hydrogen-bond acceptors (Lipinski definition) is 7. The van der Waals surface area contributed by atoms with Crippen LogP contribution in [-0.4, -0.2) is 46.6 Å². The average molecular weight is 425 g/mol. The second kappa shape index (κ2) is 8.19. The van der Waals surface area contributed by atoms with E-state index in [1.165, 1.54) is 18.6 Å². The van der Waals surface area contributed by atoms with Crippen LogP contribution in [0, 0.1) is 0 Å². The van der Waals surface area contributed by atoms with Crippen molar-refractivity contribution in [2.24, 2.45) is 0 Å². The Morgan fingerprint density at radius 2 is 2.07 bits per heavy atom. The van der Waals surface area contributed by atoms with Crippen LogP contribution in [0.5, 0.6) is 5.75 Å². The summed E-state index contributed by atoms with van der Waals surface area (Å²) in [5.74, 6) is -0.841. The van der Waals surface area contributed by atoms with Gasteiger partial charge in [-0.15, -0.1) is 11.3 Å². The maximum absolute atomic E-state index is 13.4. The van der Waals surface area contributed by atoms with Gasteiger partial charge in [-0.2, -0.15) is 0 Å². The van der Waals surface area contributed by atoms with E-state index in [9.17, 15) is 18.0 Å². The fourth-order valence-electron chi connectivity index (χ4n) is 2.79. The number of nitrogens with one attached hydrogen (secondary N) is 1. The minimum absolute atomic E-state index is 0.0153. The summed E-state index contributed by atoms with van der Waals surface area (Å²) in [6.07, 6.45) is -0.259. The zero-order valence-electron chi connectivity index (χ0n) is 15.4. The number of carbonyl (C=O) groups is 2. The molecule has 150 valence electrons. The third-order valence-corrected chi connectivity index (χ3v) is 6.99. The van der Waals surface area contributed by atoms with Crippen LogP contribution in [0.25, 0.3) is 0 Å². The molecule has 1 aromatic heterocycles. The number of thiophene rings is 1. The molecule has 28 heavy (non-hydrogen) atoms. The maximum atomic E-state index is 13.4. The molecule has 1 aromatic carbocycles. The zero-order chi connectivity index (χ0) is 20.3. The Balaban J connectivity index is 2.03. The molecule has 3 rings (SSSR count). The Bertz CT molecular complexity index is 985. The minimum Gasteiger partial charge on any atom is -0.476 e. The number of methoxy groups -OCH3 is 1. The molecule has 0 unspecified atom stereocenters. The van der Waals surface area contributed by atoms with E-state index in [0.29, 0.717) is 12.2 Å². The Morgan fingerprint density at radius 1 is 1.32 bits per heavy atom. The molecule has 1 aliphatic rings. The number of fused-ring (bicyclic) bond motifs is 1. The molecular weight excluding hydrogens is 404 g/mol. The van der Waals surface area contributed by atoms with E-state index >= 15 is 0 Å². The molecule has 0 spiro atoms. The van der Waals surface area contributed by atoms with Crippen molar-refractivity contribution in [2.45, 2.75) is 24.3 Å². The lowest BCUT2D eigenvalue weighted by molar-refractivity contribution is -0.127. The Kier molecular flexibility index (Phi) is 5.90. The zero-order valence-corrected chi connectivity index (χ0v) is 17.0. The fourth-order valence-corrected chi connectivity index (χ4v) is 5.58. The van der Waals surface area contributed by atoms with E-state index in [-0.39, 0.29) is 22.1 Å². The number of esters is 1. The molecule has 2 heterocycles. The van der Waals surface area contributed by atoms with Gasteiger partial charge < -0.3 is 14.8 Å². The predicted molar refractivity (Wildman–Crippen MR) is 104 cm³/mol. The molecule has 8 nitrogen and oxygen atoms in total. The summed E-state index contributed by atoms with van der Waals surface area (Å²) in [5.41, 5.74) is 0.309. The first-order chi connectivity index (χ1) is 13.4. The highest BCUT2D eigenvalue weighted by Gasteiger charge is 2.39. The average Bonchev–Trinajstić information content (AvgIpc) is 3.21. The second-order valence-electron chi connectivity index (χ2n) is 6.01. The summed E-state index contributed by atoms with van der Waals surface area (Å²) in [4.78, 5) is 24.2. The largest absolute Gasteiger partial charge is 0.476 e. The van der Waals surface area contributed by atoms with Gasteiger partial charge in [0.05, 0.1) is 19.3 Å². The standard InChI is InChI=1S/C18H20N2O6S2/c1-3-9-19-17(21)14-11-20(12-6-4-5-7-13(12)26-14)28(23,24)15-8-10-27-16(15)18(22)25-2/h4-8,10,14H,3,9,11H2,1-2H3,(H,19,21)/t14-/m1/s1. The van der Waals surface area contributed by atoms with Crippen molar-refractivity contribution in [2.75, 3.05) is 24.5 Å². The molecule has 0 aliphatic carbocycles. The summed E-state index contributed by atoms with van der Waals surface area (Å²) >= 11 is 0.982. The van der Waals surface area contributed by atoms with E-state index in [2.05, 4.69) is 5.32 Å². The van der Waals surface area contributed by atoms with Crippen molar-refractivity contribution < 1.29 is 27.5 Å². The number of rotatable bonds is 6. The molecule has 1 amide bonds. The third kappa shape index (κ3) is 3.69. The van der Waals surface area contributed by atoms with Crippen molar-refractivity contribution in [3.63, 3.8) is 0 Å². The highest BCUT2D eigenvalue weighted by atomic mass is 32.2. The molecule has 0 saturated heterocycles. The summed E-state index contributed by atoms with van der Waals surface area (Å²) in [6, 6.07) is 7.93. The first-order valence-electron chi connectivity index (χ1n) is 8.62. The number of anilines is 1. The summed E-state index contributed by atoms with van der Waals surface area (Å²) in [5, 5.41) is 4.23. The number of benzene rings is 1. The van der Waals surface area contributed by atoms with Crippen LogP contribution in [0.1, 0.15) is 23.0 Å². The van der Waals surface area contributed by atoms with E-state index in [0.717, 1.165) is 22.1 Å². The molecule has 2 aromatic rings. The number of sulfonamides is 1. The van der Waals surface area contributed by atoms with E-state index in [1.54, 1.807) is 24.3 Å². The topological polar surface area (TPSA) is 102 Å². The number of para-hydroxylation sites is 2. The molecule has 1 atom stereocenters. The van der Waals surface area contributed by atoms with Gasteiger partial charge in [-0.1, -0.05) is 19.1 Å². The van der Waals surface area contributed by atoms with Crippen molar-refractivity contribution in [3.8, 4) is 5.75 Å².